The van der Waals surface area contributed by atoms with Gasteiger partial charge in [-0.25, -0.2) is 0 Å². The maximum atomic E-state index is 5.67. The Balaban J connectivity index is 1.33. The zero-order valence-corrected chi connectivity index (χ0v) is 15.1. The molecule has 0 radical (unpaired) electrons. The normalized spacial score (nSPS) is 11.9. The van der Waals surface area contributed by atoms with Crippen LogP contribution in [0.25, 0.3) is 32.3 Å². The van der Waals surface area contributed by atoms with Crippen LogP contribution in [0.3, 0.4) is 0 Å². The van der Waals surface area contributed by atoms with Crippen LogP contribution in [0.15, 0.2) is 60.8 Å². The van der Waals surface area contributed by atoms with Gasteiger partial charge in [-0.05, 0) is 57.1 Å². The third kappa shape index (κ3) is 3.02. The lowest BCUT2D eigenvalue weighted by Crippen LogP contribution is -1.97. The van der Waals surface area contributed by atoms with Crippen molar-refractivity contribution in [1.29, 1.82) is 0 Å². The lowest BCUT2D eigenvalue weighted by molar-refractivity contribution is 0.114. The van der Waals surface area contributed by atoms with Crippen molar-refractivity contribution in [3.8, 4) is 0 Å². The summed E-state index contributed by atoms with van der Waals surface area (Å²) in [5.74, 6) is 0. The number of aromatic amines is 1. The predicted molar refractivity (Wildman–Crippen MR) is 109 cm³/mol. The molecule has 0 saturated heterocycles. The van der Waals surface area contributed by atoms with Crippen molar-refractivity contribution < 1.29 is 4.74 Å². The third-order valence-corrected chi connectivity index (χ3v) is 5.32. The Morgan fingerprint density at radius 1 is 0.815 bits per heavy atom. The van der Waals surface area contributed by atoms with E-state index in [1.807, 2.05) is 0 Å². The van der Waals surface area contributed by atoms with E-state index in [2.05, 4.69) is 70.0 Å². The van der Waals surface area contributed by atoms with Gasteiger partial charge in [-0.3, -0.25) is 0 Å². The largest absolute Gasteiger partial charge is 0.375 e. The number of hydrogen-bond donors (Lipinski definition) is 1. The zero-order chi connectivity index (χ0) is 18.1. The van der Waals surface area contributed by atoms with Gasteiger partial charge in [-0.15, -0.1) is 0 Å². The van der Waals surface area contributed by atoms with Crippen LogP contribution in [0.1, 0.15) is 24.1 Å². The first-order valence-corrected chi connectivity index (χ1v) is 9.48. The molecule has 0 fully saturated rings. The van der Waals surface area contributed by atoms with Crippen LogP contribution in [-0.4, -0.2) is 22.0 Å². The number of nitrogens with zero attached hydrogens (tertiary/aromatic N) is 2. The standard InChI is InChI=1S/C23H21N3O/c1(2-13-27-15-20-14-24-26-25-20)4-16-7-8-19-10-9-17-5-3-6-18-11-12-21(16)23(19)22(17)18/h3,5-12,14H,1-2,4,13,15H2,(H,24,25,26). The monoisotopic (exact) mass is 355 g/mol. The summed E-state index contributed by atoms with van der Waals surface area (Å²) in [6.45, 7) is 1.27. The van der Waals surface area contributed by atoms with Gasteiger partial charge in [0.05, 0.1) is 12.8 Å². The first-order chi connectivity index (χ1) is 13.4. The molecule has 4 nitrogen and oxygen atoms in total. The molecule has 0 atom stereocenters. The molecule has 0 aliphatic rings. The Labute approximate surface area is 157 Å². The van der Waals surface area contributed by atoms with Crippen LogP contribution < -0.4 is 0 Å². The number of benzene rings is 4. The minimum Gasteiger partial charge on any atom is -0.375 e. The Kier molecular flexibility index (Phi) is 4.18. The lowest BCUT2D eigenvalue weighted by atomic mass is 9.91. The second-order valence-electron chi connectivity index (χ2n) is 7.05. The van der Waals surface area contributed by atoms with Crippen molar-refractivity contribution in [2.75, 3.05) is 6.61 Å². The smallest absolute Gasteiger partial charge is 0.108 e. The molecule has 27 heavy (non-hydrogen) atoms. The van der Waals surface area contributed by atoms with Crippen molar-refractivity contribution in [1.82, 2.24) is 15.4 Å². The molecule has 0 amide bonds. The summed E-state index contributed by atoms with van der Waals surface area (Å²) >= 11 is 0. The van der Waals surface area contributed by atoms with Crippen LogP contribution in [0.2, 0.25) is 0 Å². The van der Waals surface area contributed by atoms with Gasteiger partial charge in [0.15, 0.2) is 0 Å². The van der Waals surface area contributed by atoms with E-state index in [4.69, 9.17) is 4.74 Å². The summed E-state index contributed by atoms with van der Waals surface area (Å²) in [5, 5.41) is 18.5. The van der Waals surface area contributed by atoms with Crippen molar-refractivity contribution in [2.45, 2.75) is 25.9 Å². The van der Waals surface area contributed by atoms with Crippen molar-refractivity contribution in [3.63, 3.8) is 0 Å². The van der Waals surface area contributed by atoms with E-state index >= 15 is 0 Å². The first kappa shape index (κ1) is 16.2. The highest BCUT2D eigenvalue weighted by molar-refractivity contribution is 6.23. The summed E-state index contributed by atoms with van der Waals surface area (Å²) in [6, 6.07) is 20.1. The minimum absolute atomic E-state index is 0.523. The van der Waals surface area contributed by atoms with Gasteiger partial charge in [-0.2, -0.15) is 15.4 Å². The number of rotatable bonds is 7. The van der Waals surface area contributed by atoms with Crippen LogP contribution in [0, 0.1) is 0 Å². The molecule has 1 N–H and O–H groups in total. The van der Waals surface area contributed by atoms with Crippen LogP contribution in [0.4, 0.5) is 0 Å². The fourth-order valence-electron chi connectivity index (χ4n) is 4.00. The number of unbranched alkanes of at least 4 members (excludes halogenated alkanes) is 1. The van der Waals surface area contributed by atoms with E-state index in [0.717, 1.165) is 31.6 Å². The van der Waals surface area contributed by atoms with Gasteiger partial charge >= 0.3 is 0 Å². The first-order valence-electron chi connectivity index (χ1n) is 9.48. The number of aromatic nitrogens is 3. The highest BCUT2D eigenvalue weighted by atomic mass is 16.5. The Bertz CT molecular complexity index is 1160. The summed E-state index contributed by atoms with van der Waals surface area (Å²) in [5.41, 5.74) is 2.28. The molecule has 4 heteroatoms. The summed E-state index contributed by atoms with van der Waals surface area (Å²) in [4.78, 5) is 0. The quantitative estimate of drug-likeness (QED) is 0.321. The van der Waals surface area contributed by atoms with Crippen LogP contribution in [-0.2, 0) is 17.8 Å². The maximum absolute atomic E-state index is 5.67. The summed E-state index contributed by atoms with van der Waals surface area (Å²) in [6.07, 6.45) is 4.93. The van der Waals surface area contributed by atoms with Gasteiger partial charge in [0.25, 0.3) is 0 Å². The molecule has 5 rings (SSSR count). The lowest BCUT2D eigenvalue weighted by Gasteiger charge is -2.14. The topological polar surface area (TPSA) is 50.8 Å². The van der Waals surface area contributed by atoms with E-state index in [0.29, 0.717) is 6.61 Å². The van der Waals surface area contributed by atoms with E-state index in [1.165, 1.54) is 37.9 Å². The number of nitrogens with one attached hydrogen (secondary N) is 1. The molecule has 5 aromatic rings. The Morgan fingerprint density at radius 3 is 2.41 bits per heavy atom. The van der Waals surface area contributed by atoms with Gasteiger partial charge in [-0.1, -0.05) is 54.6 Å². The molecule has 0 aliphatic carbocycles. The molecular weight excluding hydrogens is 334 g/mol. The molecule has 0 aliphatic heterocycles. The average Bonchev–Trinajstić information content (AvgIpc) is 3.23. The fourth-order valence-corrected chi connectivity index (χ4v) is 4.00. The predicted octanol–water partition coefficient (Wildman–Crippen LogP) is 5.24. The highest BCUT2D eigenvalue weighted by Crippen LogP contribution is 2.36. The van der Waals surface area contributed by atoms with Crippen LogP contribution >= 0.6 is 0 Å². The minimum atomic E-state index is 0.523. The second-order valence-corrected chi connectivity index (χ2v) is 7.05. The number of H-pyrrole nitrogens is 1. The van der Waals surface area contributed by atoms with Gasteiger partial charge in [0.1, 0.15) is 5.69 Å². The van der Waals surface area contributed by atoms with Gasteiger partial charge in [0.2, 0.25) is 0 Å². The van der Waals surface area contributed by atoms with Crippen molar-refractivity contribution in [3.05, 3.63) is 72.1 Å². The fraction of sp³-hybridized carbons (Fsp3) is 0.217. The molecule has 0 unspecified atom stereocenters. The molecule has 4 aromatic carbocycles. The SMILES string of the molecule is c1cc2ccc3ccc(CCCCOCc4cn[nH]n4)c4ccc(c1)c2c34. The molecule has 134 valence electrons. The second kappa shape index (κ2) is 6.97. The molecule has 1 aromatic heterocycles. The van der Waals surface area contributed by atoms with Gasteiger partial charge < -0.3 is 4.74 Å². The zero-order valence-electron chi connectivity index (χ0n) is 15.1. The van der Waals surface area contributed by atoms with Crippen LogP contribution in [0.5, 0.6) is 0 Å². The highest BCUT2D eigenvalue weighted by Gasteiger charge is 2.10. The van der Waals surface area contributed by atoms with Gasteiger partial charge in [0, 0.05) is 6.61 Å². The third-order valence-electron chi connectivity index (χ3n) is 5.32. The molecular formula is C23H21N3O. The molecule has 0 spiro atoms. The summed E-state index contributed by atoms with van der Waals surface area (Å²) in [7, 11) is 0. The molecule has 1 heterocycles. The Morgan fingerprint density at radius 2 is 1.59 bits per heavy atom. The number of ether oxygens (including phenoxy) is 1. The van der Waals surface area contributed by atoms with E-state index in [9.17, 15) is 0 Å². The average molecular weight is 355 g/mol. The summed E-state index contributed by atoms with van der Waals surface area (Å²) < 4.78 is 5.67. The molecule has 0 saturated carbocycles. The van der Waals surface area contributed by atoms with E-state index in [1.54, 1.807) is 6.20 Å². The van der Waals surface area contributed by atoms with Crippen molar-refractivity contribution >= 4 is 32.3 Å². The Hall–Kier alpha value is -2.98. The van der Waals surface area contributed by atoms with E-state index < -0.39 is 0 Å². The number of hydrogen-bond acceptors (Lipinski definition) is 3. The maximum Gasteiger partial charge on any atom is 0.108 e. The van der Waals surface area contributed by atoms with Crippen molar-refractivity contribution in [2.24, 2.45) is 0 Å². The number of aryl methyl sites for hydroxylation is 1. The molecule has 0 bridgehead atoms. The van der Waals surface area contributed by atoms with E-state index in [-0.39, 0.29) is 0 Å².